The van der Waals surface area contributed by atoms with E-state index in [9.17, 15) is 9.90 Å². The van der Waals surface area contributed by atoms with Crippen molar-refractivity contribution in [3.63, 3.8) is 0 Å². The quantitative estimate of drug-likeness (QED) is 0.195. The van der Waals surface area contributed by atoms with Gasteiger partial charge in [0, 0.05) is 22.2 Å². The number of aromatic carboxylic acids is 1. The molecule has 0 fully saturated rings. The second kappa shape index (κ2) is 10.0. The summed E-state index contributed by atoms with van der Waals surface area (Å²) in [5, 5.41) is 9.58. The number of rotatable bonds is 7. The second-order valence-corrected chi connectivity index (χ2v) is 8.80. The maximum Gasteiger partial charge on any atom is 0.335 e. The van der Waals surface area contributed by atoms with Crippen LogP contribution < -0.4 is 15.2 Å². The van der Waals surface area contributed by atoms with E-state index in [1.54, 1.807) is 6.07 Å². The summed E-state index contributed by atoms with van der Waals surface area (Å²) in [6.45, 7) is 4.01. The van der Waals surface area contributed by atoms with Gasteiger partial charge in [-0.15, -0.1) is 0 Å². The van der Waals surface area contributed by atoms with Crippen LogP contribution in [0, 0.1) is 13.8 Å². The molecule has 1 heterocycles. The number of nitrogens with two attached hydrogens (primary N) is 1. The number of nitrogen functional groups attached to an aromatic ring is 1. The summed E-state index contributed by atoms with van der Waals surface area (Å²) in [7, 11) is 0. The lowest BCUT2D eigenvalue weighted by Gasteiger charge is -2.14. The number of hydrogen-bond donors (Lipinski definition) is 3. The van der Waals surface area contributed by atoms with E-state index in [1.165, 1.54) is 30.1 Å². The minimum absolute atomic E-state index is 0.0546. The van der Waals surface area contributed by atoms with Crippen LogP contribution in [0.4, 0.5) is 11.6 Å². The number of anilines is 2. The predicted octanol–water partition coefficient (Wildman–Crippen LogP) is 6.61. The fourth-order valence-electron chi connectivity index (χ4n) is 3.38. The number of ether oxygens (including phenoxy) is 1. The van der Waals surface area contributed by atoms with Gasteiger partial charge in [0.25, 0.3) is 0 Å². The van der Waals surface area contributed by atoms with E-state index in [0.717, 1.165) is 21.6 Å². The third-order valence-electron chi connectivity index (χ3n) is 4.95. The molecule has 0 spiro atoms. The molecule has 0 radical (unpaired) electrons. The van der Waals surface area contributed by atoms with E-state index in [4.69, 9.17) is 27.1 Å². The van der Waals surface area contributed by atoms with Crippen LogP contribution in [-0.2, 0) is 0 Å². The first kappa shape index (κ1) is 23.4. The molecule has 3 aromatic carbocycles. The van der Waals surface area contributed by atoms with Gasteiger partial charge < -0.3 is 15.6 Å². The van der Waals surface area contributed by atoms with Gasteiger partial charge in [-0.3, -0.25) is 4.72 Å². The number of carboxylic acids is 1. The molecule has 0 unspecified atom stereocenters. The molecule has 34 heavy (non-hydrogen) atoms. The highest BCUT2D eigenvalue weighted by atomic mass is 35.5. The summed E-state index contributed by atoms with van der Waals surface area (Å²) in [5.74, 6) is -0.371. The van der Waals surface area contributed by atoms with Crippen LogP contribution in [0.25, 0.3) is 11.3 Å². The van der Waals surface area contributed by atoms with Crippen molar-refractivity contribution in [3.05, 3.63) is 88.4 Å². The van der Waals surface area contributed by atoms with E-state index in [-0.39, 0.29) is 22.2 Å². The lowest BCUT2D eigenvalue weighted by atomic mass is 10.00. The Hall–Kier alpha value is -3.75. The highest BCUT2D eigenvalue weighted by molar-refractivity contribution is 8.00. The summed E-state index contributed by atoms with van der Waals surface area (Å²) in [6.07, 6.45) is 0. The lowest BCUT2D eigenvalue weighted by Crippen LogP contribution is -2.02. The third-order valence-corrected chi connectivity index (χ3v) is 6.04. The van der Waals surface area contributed by atoms with Crippen molar-refractivity contribution in [2.75, 3.05) is 10.5 Å². The fraction of sp³-hybridized carbons (Fsp3) is 0.0800. The zero-order valence-corrected chi connectivity index (χ0v) is 19.9. The van der Waals surface area contributed by atoms with Gasteiger partial charge in [-0.2, -0.15) is 4.98 Å². The van der Waals surface area contributed by atoms with Gasteiger partial charge in [-0.1, -0.05) is 35.9 Å². The fourth-order valence-corrected chi connectivity index (χ4v) is 4.18. The number of aromatic nitrogens is 2. The molecule has 0 aliphatic heterocycles. The Morgan fingerprint density at radius 2 is 1.76 bits per heavy atom. The van der Waals surface area contributed by atoms with Crippen LogP contribution in [0.3, 0.4) is 0 Å². The van der Waals surface area contributed by atoms with Crippen molar-refractivity contribution in [2.24, 2.45) is 0 Å². The van der Waals surface area contributed by atoms with Gasteiger partial charge in [-0.25, -0.2) is 9.78 Å². The highest BCUT2D eigenvalue weighted by Gasteiger charge is 2.15. The molecule has 0 saturated carbocycles. The SMILES string of the molecule is Cc1cccc(C)c1-c1cc(Oc2cc(C(=O)O)ccc2Cl)nc(NSc2cccc(N)c2)n1. The van der Waals surface area contributed by atoms with Crippen LogP contribution in [0.15, 0.2) is 71.6 Å². The smallest absolute Gasteiger partial charge is 0.335 e. The molecule has 0 bridgehead atoms. The Balaban J connectivity index is 1.74. The van der Waals surface area contributed by atoms with E-state index in [2.05, 4.69) is 9.71 Å². The molecule has 0 aliphatic carbocycles. The largest absolute Gasteiger partial charge is 0.478 e. The predicted molar refractivity (Wildman–Crippen MR) is 136 cm³/mol. The zero-order chi connectivity index (χ0) is 24.2. The van der Waals surface area contributed by atoms with Crippen LogP contribution in [0.1, 0.15) is 21.5 Å². The Morgan fingerprint density at radius 3 is 2.47 bits per heavy atom. The molecule has 4 N–H and O–H groups in total. The summed E-state index contributed by atoms with van der Waals surface area (Å²) in [6, 6.07) is 19.4. The summed E-state index contributed by atoms with van der Waals surface area (Å²) in [5.41, 5.74) is 10.3. The van der Waals surface area contributed by atoms with Crippen molar-refractivity contribution in [1.82, 2.24) is 9.97 Å². The molecule has 0 atom stereocenters. The number of carboxylic acid groups (broad SMARTS) is 1. The van der Waals surface area contributed by atoms with Gasteiger partial charge in [0.1, 0.15) is 5.75 Å². The number of carbonyl (C=O) groups is 1. The Labute approximate surface area is 206 Å². The monoisotopic (exact) mass is 492 g/mol. The van der Waals surface area contributed by atoms with Crippen LogP contribution in [0.2, 0.25) is 5.02 Å². The minimum Gasteiger partial charge on any atom is -0.478 e. The van der Waals surface area contributed by atoms with Gasteiger partial charge in [-0.05, 0) is 73.3 Å². The molecule has 4 rings (SSSR count). The molecule has 7 nitrogen and oxygen atoms in total. The number of aryl methyl sites for hydroxylation is 2. The molecule has 4 aromatic rings. The Bertz CT molecular complexity index is 1360. The molecule has 0 aliphatic rings. The maximum absolute atomic E-state index is 11.4. The molecular weight excluding hydrogens is 472 g/mol. The van der Waals surface area contributed by atoms with Gasteiger partial charge in [0.15, 0.2) is 0 Å². The molecule has 172 valence electrons. The number of nitrogens with zero attached hydrogens (tertiary/aromatic N) is 2. The summed E-state index contributed by atoms with van der Waals surface area (Å²) in [4.78, 5) is 21.4. The van der Waals surface area contributed by atoms with Crippen molar-refractivity contribution in [3.8, 4) is 22.9 Å². The summed E-state index contributed by atoms with van der Waals surface area (Å²) < 4.78 is 9.08. The Morgan fingerprint density at radius 1 is 1.03 bits per heavy atom. The van der Waals surface area contributed by atoms with Crippen molar-refractivity contribution in [2.45, 2.75) is 18.7 Å². The number of halogens is 1. The van der Waals surface area contributed by atoms with Crippen LogP contribution >= 0.6 is 23.5 Å². The minimum atomic E-state index is -1.08. The van der Waals surface area contributed by atoms with Gasteiger partial charge >= 0.3 is 5.97 Å². The average Bonchev–Trinajstić information content (AvgIpc) is 2.79. The topological polar surface area (TPSA) is 110 Å². The first-order valence-electron chi connectivity index (χ1n) is 10.2. The number of benzene rings is 3. The lowest BCUT2D eigenvalue weighted by molar-refractivity contribution is 0.0696. The van der Waals surface area contributed by atoms with Crippen molar-refractivity contribution >= 4 is 41.2 Å². The van der Waals surface area contributed by atoms with Gasteiger partial charge in [0.05, 0.1) is 16.3 Å². The number of nitrogens with one attached hydrogen (secondary N) is 1. The van der Waals surface area contributed by atoms with Crippen LogP contribution in [-0.4, -0.2) is 21.0 Å². The van der Waals surface area contributed by atoms with E-state index in [0.29, 0.717) is 17.3 Å². The molecule has 0 amide bonds. The summed E-state index contributed by atoms with van der Waals surface area (Å²) >= 11 is 7.57. The molecule has 1 aromatic heterocycles. The normalized spacial score (nSPS) is 10.7. The molecular formula is C25H21ClN4O3S. The maximum atomic E-state index is 11.4. The van der Waals surface area contributed by atoms with E-state index in [1.807, 2.05) is 56.3 Å². The van der Waals surface area contributed by atoms with E-state index >= 15 is 0 Å². The standard InChI is InChI=1S/C25H21ClN4O3S/c1-14-5-3-6-15(2)23(14)20-13-22(33-21-11-16(24(31)32)9-10-19(21)26)29-25(28-20)30-34-18-8-4-7-17(27)12-18/h3-13H,27H2,1-2H3,(H,31,32)(H,28,29,30). The average molecular weight is 493 g/mol. The Kier molecular flexibility index (Phi) is 6.90. The van der Waals surface area contributed by atoms with Crippen molar-refractivity contribution in [1.29, 1.82) is 0 Å². The highest BCUT2D eigenvalue weighted by Crippen LogP contribution is 2.34. The first-order chi connectivity index (χ1) is 16.3. The van der Waals surface area contributed by atoms with Crippen molar-refractivity contribution < 1.29 is 14.6 Å². The molecule has 9 heteroatoms. The molecule has 0 saturated heterocycles. The zero-order valence-electron chi connectivity index (χ0n) is 18.4. The van der Waals surface area contributed by atoms with Gasteiger partial charge in [0.2, 0.25) is 11.8 Å². The second-order valence-electron chi connectivity index (χ2n) is 7.51. The number of hydrogen-bond acceptors (Lipinski definition) is 7. The van der Waals surface area contributed by atoms with E-state index < -0.39 is 5.97 Å². The van der Waals surface area contributed by atoms with Crippen LogP contribution in [0.5, 0.6) is 11.6 Å². The first-order valence-corrected chi connectivity index (χ1v) is 11.4. The third kappa shape index (κ3) is 5.41.